The van der Waals surface area contributed by atoms with Gasteiger partial charge in [-0.2, -0.15) is 5.10 Å². The quantitative estimate of drug-likeness (QED) is 0.838. The largest absolute Gasteiger partial charge is 0.462 e. The number of rotatable bonds is 3. The van der Waals surface area contributed by atoms with Gasteiger partial charge in [0.2, 0.25) is 0 Å². The van der Waals surface area contributed by atoms with Gasteiger partial charge in [0.25, 0.3) is 0 Å². The molecule has 0 saturated carbocycles. The standard InChI is InChI=1S/C13H21N3O2/c1-5-10-8(3)7-14-12-11(13(17)18-6-2)9(4)15-16(10)12/h8,10,14H,5-7H2,1-4H3. The Morgan fingerprint density at radius 1 is 1.56 bits per heavy atom. The lowest BCUT2D eigenvalue weighted by Gasteiger charge is -2.31. The molecule has 0 aliphatic carbocycles. The number of fused-ring (bicyclic) bond motifs is 1. The molecule has 1 aliphatic heterocycles. The number of ether oxygens (including phenoxy) is 1. The van der Waals surface area contributed by atoms with Crippen molar-refractivity contribution in [3.63, 3.8) is 0 Å². The zero-order valence-corrected chi connectivity index (χ0v) is 11.5. The molecule has 0 amide bonds. The highest BCUT2D eigenvalue weighted by Crippen LogP contribution is 2.33. The maximum absolute atomic E-state index is 12.0. The van der Waals surface area contributed by atoms with Crippen molar-refractivity contribution in [1.82, 2.24) is 9.78 Å². The zero-order valence-electron chi connectivity index (χ0n) is 11.5. The predicted octanol–water partition coefficient (Wildman–Crippen LogP) is 2.38. The third-order valence-electron chi connectivity index (χ3n) is 3.55. The van der Waals surface area contributed by atoms with Gasteiger partial charge in [-0.05, 0) is 26.2 Å². The van der Waals surface area contributed by atoms with Gasteiger partial charge in [-0.25, -0.2) is 9.48 Å². The van der Waals surface area contributed by atoms with Crippen LogP contribution in [0.15, 0.2) is 0 Å². The molecule has 1 N–H and O–H groups in total. The molecule has 0 saturated heterocycles. The summed E-state index contributed by atoms with van der Waals surface area (Å²) in [6.45, 7) is 9.28. The number of anilines is 1. The van der Waals surface area contributed by atoms with Crippen LogP contribution in [0.4, 0.5) is 5.82 Å². The van der Waals surface area contributed by atoms with Crippen molar-refractivity contribution < 1.29 is 9.53 Å². The van der Waals surface area contributed by atoms with Crippen LogP contribution in [0.1, 0.15) is 49.3 Å². The fourth-order valence-electron chi connectivity index (χ4n) is 2.61. The van der Waals surface area contributed by atoms with Crippen molar-refractivity contribution in [3.05, 3.63) is 11.3 Å². The first-order valence-electron chi connectivity index (χ1n) is 6.60. The summed E-state index contributed by atoms with van der Waals surface area (Å²) in [7, 11) is 0. The van der Waals surface area contributed by atoms with Crippen LogP contribution in [-0.4, -0.2) is 28.9 Å². The Labute approximate surface area is 108 Å². The molecule has 2 atom stereocenters. The summed E-state index contributed by atoms with van der Waals surface area (Å²) in [5, 5.41) is 7.82. The van der Waals surface area contributed by atoms with E-state index >= 15 is 0 Å². The summed E-state index contributed by atoms with van der Waals surface area (Å²) in [4.78, 5) is 12.0. The normalized spacial score (nSPS) is 22.2. The second kappa shape index (κ2) is 5.00. The number of aromatic nitrogens is 2. The summed E-state index contributed by atoms with van der Waals surface area (Å²) in [5.41, 5.74) is 1.32. The van der Waals surface area contributed by atoms with Crippen molar-refractivity contribution in [2.75, 3.05) is 18.5 Å². The van der Waals surface area contributed by atoms with Crippen LogP contribution in [0, 0.1) is 12.8 Å². The monoisotopic (exact) mass is 251 g/mol. The summed E-state index contributed by atoms with van der Waals surface area (Å²) in [6, 6.07) is 0.350. The Hall–Kier alpha value is -1.52. The number of hydrogen-bond donors (Lipinski definition) is 1. The molecule has 2 rings (SSSR count). The Balaban J connectivity index is 2.43. The lowest BCUT2D eigenvalue weighted by Crippen LogP contribution is -2.31. The minimum Gasteiger partial charge on any atom is -0.462 e. The molecule has 2 unspecified atom stereocenters. The first-order chi connectivity index (χ1) is 8.60. The van der Waals surface area contributed by atoms with Crippen LogP contribution in [0.2, 0.25) is 0 Å². The van der Waals surface area contributed by atoms with Gasteiger partial charge >= 0.3 is 5.97 Å². The van der Waals surface area contributed by atoms with E-state index in [-0.39, 0.29) is 5.97 Å². The highest BCUT2D eigenvalue weighted by molar-refractivity contribution is 5.96. The van der Waals surface area contributed by atoms with Crippen molar-refractivity contribution in [2.45, 2.75) is 40.2 Å². The van der Waals surface area contributed by atoms with E-state index in [1.54, 1.807) is 0 Å². The molecule has 5 heteroatoms. The summed E-state index contributed by atoms with van der Waals surface area (Å²) in [5.74, 6) is 1.04. The maximum atomic E-state index is 12.0. The van der Waals surface area contributed by atoms with E-state index in [4.69, 9.17) is 4.74 Å². The predicted molar refractivity (Wildman–Crippen MR) is 69.9 cm³/mol. The molecule has 2 heterocycles. The third-order valence-corrected chi connectivity index (χ3v) is 3.55. The maximum Gasteiger partial charge on any atom is 0.343 e. The molecule has 5 nitrogen and oxygen atoms in total. The number of aryl methyl sites for hydroxylation is 1. The van der Waals surface area contributed by atoms with E-state index < -0.39 is 0 Å². The Morgan fingerprint density at radius 2 is 2.28 bits per heavy atom. The number of esters is 1. The first kappa shape index (κ1) is 12.9. The number of carbonyl (C=O) groups is 1. The van der Waals surface area contributed by atoms with Crippen molar-refractivity contribution in [2.24, 2.45) is 5.92 Å². The van der Waals surface area contributed by atoms with E-state index in [0.717, 1.165) is 24.5 Å². The van der Waals surface area contributed by atoms with E-state index in [9.17, 15) is 4.79 Å². The topological polar surface area (TPSA) is 56.1 Å². The van der Waals surface area contributed by atoms with Gasteiger partial charge in [-0.3, -0.25) is 0 Å². The average Bonchev–Trinajstić information content (AvgIpc) is 2.65. The second-order valence-electron chi connectivity index (χ2n) is 4.81. The van der Waals surface area contributed by atoms with E-state index in [1.807, 2.05) is 18.5 Å². The molecule has 1 aliphatic rings. The van der Waals surface area contributed by atoms with E-state index in [2.05, 4.69) is 24.3 Å². The molecule has 0 radical (unpaired) electrons. The van der Waals surface area contributed by atoms with Gasteiger partial charge in [0.15, 0.2) is 0 Å². The average molecular weight is 251 g/mol. The number of hydrogen-bond acceptors (Lipinski definition) is 4. The smallest absolute Gasteiger partial charge is 0.343 e. The highest BCUT2D eigenvalue weighted by Gasteiger charge is 2.31. The molecule has 100 valence electrons. The Kier molecular flexibility index (Phi) is 3.59. The van der Waals surface area contributed by atoms with Gasteiger partial charge in [0.1, 0.15) is 11.4 Å². The minimum atomic E-state index is -0.284. The van der Waals surface area contributed by atoms with Crippen LogP contribution >= 0.6 is 0 Å². The van der Waals surface area contributed by atoms with E-state index in [1.165, 1.54) is 0 Å². The molecule has 1 aromatic rings. The van der Waals surface area contributed by atoms with Gasteiger partial charge in [0, 0.05) is 6.54 Å². The molecule has 18 heavy (non-hydrogen) atoms. The highest BCUT2D eigenvalue weighted by atomic mass is 16.5. The molecule has 0 fully saturated rings. The Bertz CT molecular complexity index is 453. The second-order valence-corrected chi connectivity index (χ2v) is 4.81. The van der Waals surface area contributed by atoms with Gasteiger partial charge < -0.3 is 10.1 Å². The lowest BCUT2D eigenvalue weighted by molar-refractivity contribution is 0.0526. The minimum absolute atomic E-state index is 0.284. The fraction of sp³-hybridized carbons (Fsp3) is 0.692. The van der Waals surface area contributed by atoms with Crippen molar-refractivity contribution in [1.29, 1.82) is 0 Å². The molecule has 0 aromatic carbocycles. The molecule has 0 bridgehead atoms. The molecule has 0 spiro atoms. The first-order valence-corrected chi connectivity index (χ1v) is 6.60. The molecule has 1 aromatic heterocycles. The number of nitrogens with one attached hydrogen (secondary N) is 1. The third kappa shape index (κ3) is 1.98. The summed E-state index contributed by atoms with van der Waals surface area (Å²) < 4.78 is 7.05. The Morgan fingerprint density at radius 3 is 2.89 bits per heavy atom. The number of carbonyl (C=O) groups excluding carboxylic acids is 1. The molecular formula is C13H21N3O2. The zero-order chi connectivity index (χ0) is 13.3. The van der Waals surface area contributed by atoms with Gasteiger partial charge in [-0.15, -0.1) is 0 Å². The summed E-state index contributed by atoms with van der Waals surface area (Å²) in [6.07, 6.45) is 1.01. The van der Waals surface area contributed by atoms with Crippen molar-refractivity contribution >= 4 is 11.8 Å². The SMILES string of the molecule is CCOC(=O)c1c(C)nn2c1NCC(C)C2CC. The number of nitrogens with zero attached hydrogens (tertiary/aromatic N) is 2. The van der Waals surface area contributed by atoms with E-state index in [0.29, 0.717) is 24.1 Å². The fourth-order valence-corrected chi connectivity index (χ4v) is 2.61. The molecular weight excluding hydrogens is 230 g/mol. The van der Waals surface area contributed by atoms with Gasteiger partial charge in [-0.1, -0.05) is 13.8 Å². The van der Waals surface area contributed by atoms with Crippen LogP contribution in [0.25, 0.3) is 0 Å². The van der Waals surface area contributed by atoms with Crippen LogP contribution in [0.3, 0.4) is 0 Å². The van der Waals surface area contributed by atoms with Gasteiger partial charge in [0.05, 0.1) is 18.3 Å². The van der Waals surface area contributed by atoms with Crippen LogP contribution in [0.5, 0.6) is 0 Å². The van der Waals surface area contributed by atoms with Crippen LogP contribution < -0.4 is 5.32 Å². The van der Waals surface area contributed by atoms with Crippen molar-refractivity contribution in [3.8, 4) is 0 Å². The summed E-state index contributed by atoms with van der Waals surface area (Å²) >= 11 is 0. The lowest BCUT2D eigenvalue weighted by atomic mass is 9.97. The van der Waals surface area contributed by atoms with Crippen LogP contribution in [-0.2, 0) is 4.74 Å².